The third kappa shape index (κ3) is 3.41. The van der Waals surface area contributed by atoms with Gasteiger partial charge in [0.15, 0.2) is 17.3 Å². The van der Waals surface area contributed by atoms with Crippen LogP contribution in [0.15, 0.2) is 97.1 Å². The van der Waals surface area contributed by atoms with E-state index < -0.39 is 23.4 Å². The van der Waals surface area contributed by atoms with Crippen molar-refractivity contribution in [2.24, 2.45) is 5.41 Å². The van der Waals surface area contributed by atoms with Gasteiger partial charge in [-0.2, -0.15) is 0 Å². The van der Waals surface area contributed by atoms with Gasteiger partial charge in [-0.05, 0) is 42.8 Å². The molecular formula is C36H29NO5. The summed E-state index contributed by atoms with van der Waals surface area (Å²) in [6.07, 6.45) is 3.91. The average molecular weight is 556 g/mol. The molecular weight excluding hydrogens is 526 g/mol. The summed E-state index contributed by atoms with van der Waals surface area (Å²) in [4.78, 5) is 46.5. The molecule has 0 aromatic heterocycles. The number of rotatable bonds is 5. The molecule has 42 heavy (non-hydrogen) atoms. The minimum Gasteiger partial charge on any atom is -0.497 e. The normalized spacial score (nSPS) is 21.2. The summed E-state index contributed by atoms with van der Waals surface area (Å²) < 4.78 is 11.5. The first kappa shape index (κ1) is 26.0. The number of nitrogens with zero attached hydrogens (tertiary/aromatic N) is 1. The molecule has 0 bridgehead atoms. The number of carbonyl (C=O) groups is 3. The molecule has 0 N–H and O–H groups in total. The van der Waals surface area contributed by atoms with Gasteiger partial charge in [0.25, 0.3) is 0 Å². The average Bonchev–Trinajstić information content (AvgIpc) is 3.46. The molecule has 4 aromatic rings. The number of hydrogen-bond acceptors (Lipinski definition) is 6. The number of methoxy groups -OCH3 is 2. The number of hydrogen-bond donors (Lipinski definition) is 0. The molecule has 3 atom stereocenters. The fourth-order valence-corrected chi connectivity index (χ4v) is 7.30. The zero-order valence-corrected chi connectivity index (χ0v) is 23.5. The highest BCUT2D eigenvalue weighted by atomic mass is 16.5. The van der Waals surface area contributed by atoms with Gasteiger partial charge in [-0.3, -0.25) is 14.4 Å². The van der Waals surface area contributed by atoms with Gasteiger partial charge < -0.3 is 14.4 Å². The molecule has 208 valence electrons. The number of Topliss-reactive ketones (excluding diaryl/α,β-unsaturated/α-hetero) is 3. The lowest BCUT2D eigenvalue weighted by molar-refractivity contribution is 0.0664. The van der Waals surface area contributed by atoms with E-state index in [1.165, 1.54) is 0 Å². The Balaban J connectivity index is 1.59. The number of benzene rings is 4. The fraction of sp³-hybridized carbons (Fsp3) is 0.194. The molecule has 0 amide bonds. The van der Waals surface area contributed by atoms with Crippen molar-refractivity contribution in [3.8, 4) is 11.5 Å². The van der Waals surface area contributed by atoms with Gasteiger partial charge in [-0.1, -0.05) is 78.4 Å². The molecule has 0 saturated carbocycles. The zero-order valence-electron chi connectivity index (χ0n) is 23.5. The molecule has 1 fully saturated rings. The largest absolute Gasteiger partial charge is 0.497 e. The standard InChI is InChI=1S/C36H29NO5/c1-21-13-16-28-23(19-21)14-18-30-36(34(39)25-11-7-8-12-26(25)35(36)40)31(27-20-24(41-2)15-17-29(27)42-3)32(37(28)30)33(38)22-9-5-4-6-10-22/h4-20,30-32H,1-3H3/t30?,31-,32+/m0/s1. The second-order valence-electron chi connectivity index (χ2n) is 11.1. The summed E-state index contributed by atoms with van der Waals surface area (Å²) in [7, 11) is 3.12. The van der Waals surface area contributed by atoms with Crippen LogP contribution in [0.5, 0.6) is 11.5 Å². The monoisotopic (exact) mass is 555 g/mol. The maximum atomic E-state index is 14.8. The fourth-order valence-electron chi connectivity index (χ4n) is 7.30. The van der Waals surface area contributed by atoms with Crippen LogP contribution in [0.25, 0.3) is 6.08 Å². The second kappa shape index (κ2) is 9.55. The van der Waals surface area contributed by atoms with Crippen molar-refractivity contribution < 1.29 is 23.9 Å². The van der Waals surface area contributed by atoms with Crippen LogP contribution in [0.4, 0.5) is 5.69 Å². The van der Waals surface area contributed by atoms with Gasteiger partial charge in [0, 0.05) is 33.9 Å². The summed E-state index contributed by atoms with van der Waals surface area (Å²) >= 11 is 0. The third-order valence-electron chi connectivity index (χ3n) is 9.06. The van der Waals surface area contributed by atoms with E-state index in [0.717, 1.165) is 16.8 Å². The minimum atomic E-state index is -1.61. The first-order valence-corrected chi connectivity index (χ1v) is 14.0. The Morgan fingerprint density at radius 2 is 1.50 bits per heavy atom. The third-order valence-corrected chi connectivity index (χ3v) is 9.06. The highest BCUT2D eigenvalue weighted by Crippen LogP contribution is 2.62. The number of anilines is 1. The number of carbonyl (C=O) groups excluding carboxylic acids is 3. The Hall–Kier alpha value is -4.97. The molecule has 0 radical (unpaired) electrons. The molecule has 1 unspecified atom stereocenters. The Morgan fingerprint density at radius 3 is 2.17 bits per heavy atom. The van der Waals surface area contributed by atoms with Crippen LogP contribution in [0.1, 0.15) is 53.7 Å². The van der Waals surface area contributed by atoms with Crippen molar-refractivity contribution in [3.63, 3.8) is 0 Å². The van der Waals surface area contributed by atoms with Gasteiger partial charge in [0.1, 0.15) is 23.0 Å². The quantitative estimate of drug-likeness (QED) is 0.212. The van der Waals surface area contributed by atoms with E-state index in [-0.39, 0.29) is 17.3 Å². The Kier molecular flexibility index (Phi) is 5.91. The first-order valence-electron chi connectivity index (χ1n) is 14.0. The summed E-state index contributed by atoms with van der Waals surface area (Å²) in [5.74, 6) is -0.599. The predicted molar refractivity (Wildman–Crippen MR) is 161 cm³/mol. The molecule has 2 aliphatic heterocycles. The van der Waals surface area contributed by atoms with Crippen LogP contribution in [-0.4, -0.2) is 43.7 Å². The highest BCUT2D eigenvalue weighted by Gasteiger charge is 2.72. The zero-order chi connectivity index (χ0) is 29.2. The Labute approximate surface area is 244 Å². The van der Waals surface area contributed by atoms with E-state index >= 15 is 0 Å². The molecule has 1 saturated heterocycles. The van der Waals surface area contributed by atoms with Crippen molar-refractivity contribution in [3.05, 3.63) is 130 Å². The number of fused-ring (bicyclic) bond motifs is 5. The molecule has 1 spiro atoms. The van der Waals surface area contributed by atoms with Gasteiger partial charge in [0.05, 0.1) is 20.3 Å². The SMILES string of the molecule is COc1ccc(OC)c([C@H]2[C@H](C(=O)c3ccccc3)N3c4ccc(C)cc4C=CC3C23C(=O)c2ccccc2C3=O)c1. The van der Waals surface area contributed by atoms with Crippen molar-refractivity contribution in [1.29, 1.82) is 0 Å². The van der Waals surface area contributed by atoms with Gasteiger partial charge in [-0.15, -0.1) is 0 Å². The summed E-state index contributed by atoms with van der Waals surface area (Å²) in [6.45, 7) is 2.02. The van der Waals surface area contributed by atoms with E-state index in [2.05, 4.69) is 6.07 Å². The second-order valence-corrected chi connectivity index (χ2v) is 11.1. The van der Waals surface area contributed by atoms with E-state index in [4.69, 9.17) is 9.47 Å². The number of ketones is 3. The maximum absolute atomic E-state index is 14.8. The van der Waals surface area contributed by atoms with Crippen LogP contribution in [0, 0.1) is 12.3 Å². The molecule has 1 aliphatic carbocycles. The van der Waals surface area contributed by atoms with E-state index in [9.17, 15) is 14.4 Å². The van der Waals surface area contributed by atoms with Crippen molar-refractivity contribution in [1.82, 2.24) is 0 Å². The lowest BCUT2D eigenvalue weighted by Crippen LogP contribution is -2.48. The molecule has 7 rings (SSSR count). The van der Waals surface area contributed by atoms with Crippen molar-refractivity contribution >= 4 is 29.1 Å². The maximum Gasteiger partial charge on any atom is 0.185 e. The molecule has 2 heterocycles. The smallest absolute Gasteiger partial charge is 0.185 e. The molecule has 6 heteroatoms. The van der Waals surface area contributed by atoms with Crippen molar-refractivity contribution in [2.75, 3.05) is 19.1 Å². The first-order chi connectivity index (χ1) is 20.4. The Bertz CT molecular complexity index is 1770. The lowest BCUT2D eigenvalue weighted by atomic mass is 9.64. The number of ether oxygens (including phenoxy) is 2. The van der Waals surface area contributed by atoms with Crippen LogP contribution >= 0.6 is 0 Å². The van der Waals surface area contributed by atoms with Crippen LogP contribution in [-0.2, 0) is 0 Å². The summed E-state index contributed by atoms with van der Waals surface area (Å²) in [5.41, 5.74) is 3.04. The summed E-state index contributed by atoms with van der Waals surface area (Å²) in [6, 6.07) is 25.8. The van der Waals surface area contributed by atoms with E-state index in [1.54, 1.807) is 68.8 Å². The van der Waals surface area contributed by atoms with E-state index in [0.29, 0.717) is 33.8 Å². The summed E-state index contributed by atoms with van der Waals surface area (Å²) in [5, 5.41) is 0. The molecule has 3 aliphatic rings. The van der Waals surface area contributed by atoms with Crippen LogP contribution in [0.3, 0.4) is 0 Å². The van der Waals surface area contributed by atoms with Crippen molar-refractivity contribution in [2.45, 2.75) is 24.9 Å². The lowest BCUT2D eigenvalue weighted by Gasteiger charge is -2.37. The highest BCUT2D eigenvalue weighted by molar-refractivity contribution is 6.32. The van der Waals surface area contributed by atoms with Gasteiger partial charge in [0.2, 0.25) is 0 Å². The Morgan fingerprint density at radius 1 is 0.810 bits per heavy atom. The van der Waals surface area contributed by atoms with Crippen LogP contribution in [0.2, 0.25) is 0 Å². The van der Waals surface area contributed by atoms with Gasteiger partial charge in [-0.25, -0.2) is 0 Å². The topological polar surface area (TPSA) is 72.9 Å². The van der Waals surface area contributed by atoms with E-state index in [1.807, 2.05) is 54.3 Å². The molecule has 6 nitrogen and oxygen atoms in total. The molecule has 4 aromatic carbocycles. The minimum absolute atomic E-state index is 0.175. The number of aryl methyl sites for hydroxylation is 1. The van der Waals surface area contributed by atoms with Gasteiger partial charge >= 0.3 is 0 Å². The predicted octanol–water partition coefficient (Wildman–Crippen LogP) is 6.33. The van der Waals surface area contributed by atoms with Crippen LogP contribution < -0.4 is 14.4 Å².